The van der Waals surface area contributed by atoms with Crippen molar-refractivity contribution in [3.63, 3.8) is 0 Å². The highest BCUT2D eigenvalue weighted by Crippen LogP contribution is 2.40. The normalized spacial score (nSPS) is 15.4. The molecule has 0 unspecified atom stereocenters. The number of amides is 1. The molecule has 2 N–H and O–H groups in total. The molecule has 18 heavy (non-hydrogen) atoms. The van der Waals surface area contributed by atoms with Crippen LogP contribution in [0.15, 0.2) is 10.6 Å². The monoisotopic (exact) mass is 252 g/mol. The Morgan fingerprint density at radius 2 is 2.22 bits per heavy atom. The van der Waals surface area contributed by atoms with E-state index in [0.717, 1.165) is 18.6 Å². The number of carboxylic acid groups (broad SMARTS) is 1. The third-order valence-corrected chi connectivity index (χ3v) is 3.01. The summed E-state index contributed by atoms with van der Waals surface area (Å²) in [4.78, 5) is 22.6. The topological polar surface area (TPSA) is 92.4 Å². The smallest absolute Gasteiger partial charge is 0.310 e. The second-order valence-electron chi connectivity index (χ2n) is 5.26. The Hall–Kier alpha value is -1.85. The third-order valence-electron chi connectivity index (χ3n) is 3.01. The largest absolute Gasteiger partial charge is 0.481 e. The van der Waals surface area contributed by atoms with Gasteiger partial charge in [-0.2, -0.15) is 0 Å². The molecule has 1 saturated carbocycles. The van der Waals surface area contributed by atoms with Gasteiger partial charge in [-0.3, -0.25) is 9.59 Å². The van der Waals surface area contributed by atoms with E-state index in [2.05, 4.69) is 10.5 Å². The molecule has 1 aromatic heterocycles. The lowest BCUT2D eigenvalue weighted by Gasteiger charge is -2.18. The molecule has 1 aromatic rings. The van der Waals surface area contributed by atoms with Crippen molar-refractivity contribution in [3.8, 4) is 0 Å². The molecule has 6 heteroatoms. The van der Waals surface area contributed by atoms with Crippen molar-refractivity contribution in [2.45, 2.75) is 32.6 Å². The maximum atomic E-state index is 11.7. The Kier molecular flexibility index (Phi) is 3.11. The van der Waals surface area contributed by atoms with Crippen LogP contribution in [0.3, 0.4) is 0 Å². The lowest BCUT2D eigenvalue weighted by atomic mass is 9.94. The number of nitrogens with zero attached hydrogens (tertiary/aromatic N) is 1. The van der Waals surface area contributed by atoms with Gasteiger partial charge in [0.15, 0.2) is 5.69 Å². The number of hydrogen-bond acceptors (Lipinski definition) is 4. The second kappa shape index (κ2) is 4.44. The molecule has 0 aliphatic heterocycles. The highest BCUT2D eigenvalue weighted by Gasteiger charge is 2.30. The first-order valence-electron chi connectivity index (χ1n) is 5.88. The van der Waals surface area contributed by atoms with Crippen LogP contribution in [0.4, 0.5) is 0 Å². The lowest BCUT2D eigenvalue weighted by Crippen LogP contribution is -2.39. The number of carbonyl (C=O) groups is 2. The Balaban J connectivity index is 1.92. The maximum absolute atomic E-state index is 11.7. The van der Waals surface area contributed by atoms with Crippen LogP contribution in [0.5, 0.6) is 0 Å². The highest BCUT2D eigenvalue weighted by atomic mass is 16.5. The van der Waals surface area contributed by atoms with Crippen molar-refractivity contribution < 1.29 is 19.2 Å². The Labute approximate surface area is 104 Å². The summed E-state index contributed by atoms with van der Waals surface area (Å²) in [6.45, 7) is 3.15. The van der Waals surface area contributed by atoms with Crippen LogP contribution in [0.1, 0.15) is 48.9 Å². The van der Waals surface area contributed by atoms with Crippen LogP contribution in [0.2, 0.25) is 0 Å². The van der Waals surface area contributed by atoms with Gasteiger partial charge in [-0.1, -0.05) is 5.16 Å². The average Bonchev–Trinajstić information content (AvgIpc) is 3.04. The summed E-state index contributed by atoms with van der Waals surface area (Å²) in [6.07, 6.45) is 2.14. The minimum Gasteiger partial charge on any atom is -0.481 e. The number of aliphatic carboxylic acids is 1. The van der Waals surface area contributed by atoms with E-state index in [1.807, 2.05) is 0 Å². The van der Waals surface area contributed by atoms with Crippen LogP contribution >= 0.6 is 0 Å². The van der Waals surface area contributed by atoms with Crippen molar-refractivity contribution in [2.75, 3.05) is 6.54 Å². The number of hydrogen-bond donors (Lipinski definition) is 2. The van der Waals surface area contributed by atoms with Crippen LogP contribution in [0.25, 0.3) is 0 Å². The first-order valence-corrected chi connectivity index (χ1v) is 5.88. The molecule has 0 spiro atoms. The summed E-state index contributed by atoms with van der Waals surface area (Å²) in [7, 11) is 0. The van der Waals surface area contributed by atoms with Gasteiger partial charge in [0.25, 0.3) is 5.91 Å². The Bertz CT molecular complexity index is 474. The van der Waals surface area contributed by atoms with Crippen molar-refractivity contribution in [1.82, 2.24) is 10.5 Å². The van der Waals surface area contributed by atoms with E-state index < -0.39 is 17.3 Å². The van der Waals surface area contributed by atoms with Gasteiger partial charge in [0.1, 0.15) is 5.76 Å². The second-order valence-corrected chi connectivity index (χ2v) is 5.26. The molecule has 1 heterocycles. The fourth-order valence-electron chi connectivity index (χ4n) is 1.42. The predicted molar refractivity (Wildman–Crippen MR) is 62.2 cm³/mol. The quantitative estimate of drug-likeness (QED) is 0.826. The molecule has 1 amide bonds. The molecule has 98 valence electrons. The number of rotatable bonds is 5. The molecule has 2 rings (SSSR count). The fourth-order valence-corrected chi connectivity index (χ4v) is 1.42. The standard InChI is InChI=1S/C12H16N2O4/c1-12(2,11(16)17)6-13-10(15)8-5-9(18-14-8)7-3-4-7/h5,7H,3-4,6H2,1-2H3,(H,13,15)(H,16,17). The predicted octanol–water partition coefficient (Wildman–Crippen LogP) is 1.39. The van der Waals surface area contributed by atoms with Crippen LogP contribution in [-0.4, -0.2) is 28.7 Å². The molecule has 0 bridgehead atoms. The van der Waals surface area contributed by atoms with Gasteiger partial charge >= 0.3 is 5.97 Å². The molecular formula is C12H16N2O4. The van der Waals surface area contributed by atoms with Gasteiger partial charge in [0, 0.05) is 18.5 Å². The fraction of sp³-hybridized carbons (Fsp3) is 0.583. The van der Waals surface area contributed by atoms with E-state index in [4.69, 9.17) is 9.63 Å². The van der Waals surface area contributed by atoms with Crippen LogP contribution in [-0.2, 0) is 4.79 Å². The average molecular weight is 252 g/mol. The Morgan fingerprint density at radius 3 is 2.78 bits per heavy atom. The first kappa shape index (κ1) is 12.6. The number of nitrogens with one attached hydrogen (secondary N) is 1. The summed E-state index contributed by atoms with van der Waals surface area (Å²) < 4.78 is 5.06. The first-order chi connectivity index (χ1) is 8.40. The summed E-state index contributed by atoms with van der Waals surface area (Å²) in [6, 6.07) is 1.63. The SMILES string of the molecule is CC(C)(CNC(=O)c1cc(C2CC2)on1)C(=O)O. The molecule has 0 radical (unpaired) electrons. The number of carboxylic acids is 1. The van der Waals surface area contributed by atoms with E-state index in [0.29, 0.717) is 5.92 Å². The van der Waals surface area contributed by atoms with Gasteiger partial charge < -0.3 is 14.9 Å². The summed E-state index contributed by atoms with van der Waals surface area (Å²) >= 11 is 0. The van der Waals surface area contributed by atoms with Crippen LogP contribution in [0, 0.1) is 5.41 Å². The molecular weight excluding hydrogens is 236 g/mol. The number of carbonyl (C=O) groups excluding carboxylic acids is 1. The Morgan fingerprint density at radius 1 is 1.56 bits per heavy atom. The molecule has 1 aliphatic rings. The summed E-state index contributed by atoms with van der Waals surface area (Å²) in [5.41, 5.74) is -0.795. The van der Waals surface area contributed by atoms with E-state index in [-0.39, 0.29) is 12.2 Å². The van der Waals surface area contributed by atoms with Crippen LogP contribution < -0.4 is 5.32 Å². The molecule has 0 atom stereocenters. The minimum absolute atomic E-state index is 0.0484. The van der Waals surface area contributed by atoms with Gasteiger partial charge in [-0.25, -0.2) is 0 Å². The van der Waals surface area contributed by atoms with Crippen molar-refractivity contribution in [2.24, 2.45) is 5.41 Å². The van der Waals surface area contributed by atoms with E-state index in [9.17, 15) is 9.59 Å². The highest BCUT2D eigenvalue weighted by molar-refractivity contribution is 5.92. The lowest BCUT2D eigenvalue weighted by molar-refractivity contribution is -0.146. The minimum atomic E-state index is -1.00. The van der Waals surface area contributed by atoms with E-state index in [1.54, 1.807) is 19.9 Å². The van der Waals surface area contributed by atoms with Crippen molar-refractivity contribution in [1.29, 1.82) is 0 Å². The zero-order chi connectivity index (χ0) is 13.3. The summed E-state index contributed by atoms with van der Waals surface area (Å²) in [5, 5.41) is 15.2. The van der Waals surface area contributed by atoms with E-state index in [1.165, 1.54) is 0 Å². The molecule has 0 saturated heterocycles. The maximum Gasteiger partial charge on any atom is 0.310 e. The van der Waals surface area contributed by atoms with Gasteiger partial charge in [-0.05, 0) is 26.7 Å². The van der Waals surface area contributed by atoms with E-state index >= 15 is 0 Å². The zero-order valence-electron chi connectivity index (χ0n) is 10.4. The van der Waals surface area contributed by atoms with Gasteiger partial charge in [0.2, 0.25) is 0 Å². The molecule has 1 aliphatic carbocycles. The van der Waals surface area contributed by atoms with Gasteiger partial charge in [-0.15, -0.1) is 0 Å². The third kappa shape index (κ3) is 2.69. The van der Waals surface area contributed by atoms with Crippen molar-refractivity contribution in [3.05, 3.63) is 17.5 Å². The zero-order valence-corrected chi connectivity index (χ0v) is 10.4. The van der Waals surface area contributed by atoms with Gasteiger partial charge in [0.05, 0.1) is 5.41 Å². The number of aromatic nitrogens is 1. The van der Waals surface area contributed by atoms with Crippen molar-refractivity contribution >= 4 is 11.9 Å². The molecule has 0 aromatic carbocycles. The summed E-state index contributed by atoms with van der Waals surface area (Å²) in [5.74, 6) is -0.228. The molecule has 6 nitrogen and oxygen atoms in total. The molecule has 1 fully saturated rings.